The van der Waals surface area contributed by atoms with Crippen molar-refractivity contribution in [3.8, 4) is 11.5 Å². The van der Waals surface area contributed by atoms with Gasteiger partial charge in [-0.15, -0.1) is 0 Å². The van der Waals surface area contributed by atoms with E-state index in [9.17, 15) is 9.59 Å². The fraction of sp³-hybridized carbons (Fsp3) is 0.364. The summed E-state index contributed by atoms with van der Waals surface area (Å²) in [5.74, 6) is -9.04. The first-order valence-corrected chi connectivity index (χ1v) is 7.02. The third-order valence-corrected chi connectivity index (χ3v) is 2.16. The second-order valence-corrected chi connectivity index (χ2v) is 4.08. The lowest BCUT2D eigenvalue weighted by molar-refractivity contribution is 0.111. The number of carbonyl (C=O) groups is 2. The van der Waals surface area contributed by atoms with Gasteiger partial charge in [-0.05, 0) is 60.1 Å². The first kappa shape index (κ1) is 5.26. The highest BCUT2D eigenvalue weighted by Crippen LogP contribution is 2.12. The summed E-state index contributed by atoms with van der Waals surface area (Å²) < 4.78 is 208. The molecule has 148 valence electrons. The minimum atomic E-state index is -3.85. The molecule has 0 aliphatic rings. The summed E-state index contributed by atoms with van der Waals surface area (Å²) in [6, 6.07) is -7.17. The van der Waals surface area contributed by atoms with Crippen LogP contribution >= 0.6 is 15.9 Å². The van der Waals surface area contributed by atoms with Gasteiger partial charge in [-0.3, -0.25) is 9.59 Å². The van der Waals surface area contributed by atoms with Gasteiger partial charge in [0.15, 0.2) is 0 Å². The first-order valence-electron chi connectivity index (χ1n) is 20.2. The van der Waals surface area contributed by atoms with Crippen LogP contribution in [0.2, 0.25) is 0 Å². The van der Waals surface area contributed by atoms with Gasteiger partial charge >= 0.3 is 0 Å². The van der Waals surface area contributed by atoms with Gasteiger partial charge in [-0.25, -0.2) is 0 Å². The van der Waals surface area contributed by atoms with Crippen molar-refractivity contribution in [3.05, 3.63) is 59.5 Å². The number of hydrogen-bond acceptors (Lipinski definition) is 4. The number of rotatable bonds is 6. The predicted octanol–water partition coefficient (Wildman–Crippen LogP) is 5.78. The Morgan fingerprint density at radius 2 is 1.56 bits per heavy atom. The number of alkyl halides is 1. The highest BCUT2D eigenvalue weighted by atomic mass is 79.9. The van der Waals surface area contributed by atoms with Gasteiger partial charge in [0, 0.05) is 38.3 Å². The summed E-state index contributed by atoms with van der Waals surface area (Å²) in [4.78, 5) is 21.9. The maximum Gasteiger partial charge on any atom is 0.150 e. The zero-order chi connectivity index (χ0) is 44.8. The van der Waals surface area contributed by atoms with Crippen molar-refractivity contribution in [1.82, 2.24) is 0 Å². The van der Waals surface area contributed by atoms with Gasteiger partial charge in [-0.2, -0.15) is 0 Å². The standard InChI is InChI=1S/C11H14O2.C7H6O2.C4H9Br/c1-9(2)8-13-11-5-3-10(7-12)4-6-11;8-5-6-1-3-7(9)4-2-6;1-4(2)3-5/h3-7,9H,8H2,1-2H3;1-5,9H;4H,3H2,1-2H3/i1D3,2D3,3D,4D,5D,6D,7D,8D2,9D;1D,2D,3D,4D,5D;1D3,2D3,3D2,4D. The molecule has 2 aromatic carbocycles. The minimum Gasteiger partial charge on any atom is -0.508 e. The summed E-state index contributed by atoms with van der Waals surface area (Å²) in [5.41, 5.74) is -1.56. The molecular weight excluding hydrogens is 408 g/mol. The molecule has 0 aromatic heterocycles. The van der Waals surface area contributed by atoms with Crippen LogP contribution in [0, 0.1) is 11.8 Å². The zero-order valence-corrected chi connectivity index (χ0v) is 14.6. The van der Waals surface area contributed by atoms with E-state index in [1.807, 2.05) is 0 Å². The molecule has 0 unspecified atom stereocenters. The van der Waals surface area contributed by atoms with Crippen molar-refractivity contribution in [2.75, 3.05) is 11.8 Å². The van der Waals surface area contributed by atoms with Gasteiger partial charge in [0.1, 0.15) is 26.8 Å². The average Bonchev–Trinajstić information content (AvgIpc) is 2.97. The Morgan fingerprint density at radius 3 is 1.93 bits per heavy atom. The van der Waals surface area contributed by atoms with E-state index < -0.39 is 135 Å². The number of halogens is 1. The molecule has 0 atom stereocenters. The molecule has 1 N–H and O–H groups in total. The summed E-state index contributed by atoms with van der Waals surface area (Å²) in [6.45, 7) is -17.8. The molecule has 0 heterocycles. The molecule has 0 aliphatic carbocycles. The van der Waals surface area contributed by atoms with Crippen LogP contribution in [-0.2, 0) is 0 Å². The van der Waals surface area contributed by atoms with Crippen molar-refractivity contribution in [2.45, 2.75) is 27.4 Å². The molecule has 5 heteroatoms. The first-order chi connectivity index (χ1) is 23.9. The molecule has 0 aliphatic heterocycles. The lowest BCUT2D eigenvalue weighted by Gasteiger charge is -2.07. The number of benzene rings is 2. The Hall–Kier alpha value is -2.14. The Bertz CT molecular complexity index is 1660. The molecule has 27 heavy (non-hydrogen) atoms. The number of phenolic OH excluding ortho intramolecular Hbond substituents is 1. The fourth-order valence-corrected chi connectivity index (χ4v) is 0.862. The molecule has 0 radical (unpaired) electrons. The number of aldehydes is 2. The number of carbonyl (C=O) groups excluding carboxylic acids is 2. The van der Waals surface area contributed by atoms with E-state index in [0.29, 0.717) is 0 Å². The van der Waals surface area contributed by atoms with Gasteiger partial charge in [0.25, 0.3) is 0 Å². The predicted molar refractivity (Wildman–Crippen MR) is 114 cm³/mol. The maximum atomic E-state index is 11.2. The average molecular weight is 466 g/mol. The Labute approximate surface area is 210 Å². The highest BCUT2D eigenvalue weighted by molar-refractivity contribution is 9.09. The van der Waals surface area contributed by atoms with Crippen LogP contribution in [0.1, 0.15) is 86.5 Å². The van der Waals surface area contributed by atoms with E-state index in [4.69, 9.17) is 43.5 Å². The molecule has 0 bridgehead atoms. The SMILES string of the molecule is [2H]C(=O)c1c([2H])c([2H])c(O)c([2H])c1[2H].[2H]C(=O)c1c([2H])c([2H])c(OC([2H])([2H])C([2H])(C([2H])([2H])[2H])C([2H])([2H])[2H])c([2H])c1[2H].[2H]C([2H])([2H])C([2H])(C([2H])([2H])[2H])C([2H])([2H])Br. The van der Waals surface area contributed by atoms with Crippen LogP contribution in [0.25, 0.3) is 0 Å². The summed E-state index contributed by atoms with van der Waals surface area (Å²) in [5, 5.41) is 6.26. The summed E-state index contributed by atoms with van der Waals surface area (Å²) in [6.07, 6.45) is -2.86. The molecule has 0 spiro atoms. The van der Waals surface area contributed by atoms with Gasteiger partial charge in [0.05, 0.1) is 20.3 Å². The van der Waals surface area contributed by atoms with E-state index in [1.165, 1.54) is 0 Å². The molecule has 0 saturated heterocycles. The van der Waals surface area contributed by atoms with Gasteiger partial charge < -0.3 is 9.84 Å². The normalized spacial score (nSPS) is 28.3. The fourth-order valence-electron chi connectivity index (χ4n) is 0.862. The van der Waals surface area contributed by atoms with Crippen LogP contribution < -0.4 is 4.74 Å². The van der Waals surface area contributed by atoms with E-state index in [0.717, 1.165) is 0 Å². The van der Waals surface area contributed by atoms with E-state index in [2.05, 4.69) is 20.7 Å². The lowest BCUT2D eigenvalue weighted by Crippen LogP contribution is -2.04. The van der Waals surface area contributed by atoms with Crippen LogP contribution in [0.5, 0.6) is 11.5 Å². The lowest BCUT2D eigenvalue weighted by atomic mass is 10.2. The largest absolute Gasteiger partial charge is 0.508 e. The second kappa shape index (κ2) is 15.0. The van der Waals surface area contributed by atoms with Crippen molar-refractivity contribution < 1.29 is 57.8 Å². The molecule has 0 saturated carbocycles. The number of phenols is 1. The number of aromatic hydroxyl groups is 1. The summed E-state index contributed by atoms with van der Waals surface area (Å²) >= 11 is 2.30. The molecular formula is C22H29BrO4. The van der Waals surface area contributed by atoms with Crippen molar-refractivity contribution in [2.24, 2.45) is 11.8 Å². The molecule has 4 nitrogen and oxygen atoms in total. The second-order valence-electron chi connectivity index (χ2n) is 3.68. The Kier molecular flexibility index (Phi) is 2.92. The van der Waals surface area contributed by atoms with Crippen molar-refractivity contribution >= 4 is 28.5 Å². The minimum absolute atomic E-state index is 0.627. The third-order valence-electron chi connectivity index (χ3n) is 1.77. The summed E-state index contributed by atoms with van der Waals surface area (Å²) in [7, 11) is 0. The smallest absolute Gasteiger partial charge is 0.150 e. The van der Waals surface area contributed by atoms with E-state index in [-0.39, 0.29) is 0 Å². The van der Waals surface area contributed by atoms with Crippen molar-refractivity contribution in [3.63, 3.8) is 0 Å². The van der Waals surface area contributed by atoms with Gasteiger partial charge in [0.2, 0.25) is 0 Å². The Balaban J connectivity index is 0.000000876. The van der Waals surface area contributed by atoms with Crippen LogP contribution in [-0.4, -0.2) is 29.5 Å². The molecule has 0 fully saturated rings. The number of ether oxygens (including phenoxy) is 1. The molecule has 2 rings (SSSR count). The van der Waals surface area contributed by atoms with Crippen molar-refractivity contribution in [1.29, 1.82) is 0 Å². The molecule has 2 aromatic rings. The maximum absolute atomic E-state index is 11.2. The van der Waals surface area contributed by atoms with Gasteiger partial charge in [-0.1, -0.05) is 43.3 Å². The third kappa shape index (κ3) is 13.7. The quantitative estimate of drug-likeness (QED) is 0.434. The highest BCUT2D eigenvalue weighted by Gasteiger charge is 1.96. The Morgan fingerprint density at radius 1 is 1.07 bits per heavy atom. The monoisotopic (exact) mass is 464 g/mol. The molecule has 0 amide bonds. The van der Waals surface area contributed by atoms with Crippen LogP contribution in [0.15, 0.2) is 48.3 Å². The van der Waals surface area contributed by atoms with E-state index >= 15 is 0 Å². The van der Waals surface area contributed by atoms with Crippen LogP contribution in [0.3, 0.4) is 0 Å². The number of hydrogen-bond donors (Lipinski definition) is 1. The van der Waals surface area contributed by atoms with Crippen LogP contribution in [0.4, 0.5) is 0 Å². The van der Waals surface area contributed by atoms with E-state index in [1.54, 1.807) is 0 Å². The zero-order valence-electron chi connectivity index (χ0n) is 41.0. The topological polar surface area (TPSA) is 63.6 Å².